The van der Waals surface area contributed by atoms with E-state index >= 15 is 0 Å². The molecule has 0 radical (unpaired) electrons. The van der Waals surface area contributed by atoms with Crippen molar-refractivity contribution in [3.63, 3.8) is 0 Å². The second-order valence-corrected chi connectivity index (χ2v) is 11.6. The van der Waals surface area contributed by atoms with Crippen LogP contribution in [0.3, 0.4) is 0 Å². The molecule has 7 nitrogen and oxygen atoms in total. The molecule has 0 bridgehead atoms. The first-order chi connectivity index (χ1) is 17.2. The first-order valence-corrected chi connectivity index (χ1v) is 13.9. The summed E-state index contributed by atoms with van der Waals surface area (Å²) in [5.41, 5.74) is 0.523. The SMILES string of the molecule is O=C1CCCCCc2oc(=O)c(C(c3cccc(NS(=O)(=O)c4ccc(Cl)cc4)c3)C3CC3)c(O)c21. The maximum absolute atomic E-state index is 13.1. The molecular weight excluding hydrogens is 502 g/mol. The molecule has 1 fully saturated rings. The Hall–Kier alpha value is -3.10. The summed E-state index contributed by atoms with van der Waals surface area (Å²) in [6, 6.07) is 12.6. The zero-order valence-corrected chi connectivity index (χ0v) is 21.1. The summed E-state index contributed by atoms with van der Waals surface area (Å²) in [6.45, 7) is 0. The van der Waals surface area contributed by atoms with Gasteiger partial charge >= 0.3 is 5.63 Å². The molecule has 9 heteroatoms. The van der Waals surface area contributed by atoms with Crippen molar-refractivity contribution >= 4 is 33.1 Å². The second-order valence-electron chi connectivity index (χ2n) is 9.43. The van der Waals surface area contributed by atoms with Gasteiger partial charge in [0.15, 0.2) is 5.78 Å². The number of aryl methyl sites for hydroxylation is 1. The standard InChI is InChI=1S/C27H26ClNO6S/c28-18-11-13-20(14-12-18)36(33,34)29-19-6-4-5-17(15-19)23(16-9-10-16)25-26(31)24-21(30)7-2-1-3-8-22(24)35-27(25)32/h4-6,11-16,23,29,31H,1-3,7-10H2. The van der Waals surface area contributed by atoms with Gasteiger partial charge in [0.05, 0.1) is 16.0 Å². The van der Waals surface area contributed by atoms with E-state index in [9.17, 15) is 23.1 Å². The molecule has 5 rings (SSSR count). The molecule has 2 aliphatic carbocycles. The lowest BCUT2D eigenvalue weighted by atomic mass is 9.85. The smallest absolute Gasteiger partial charge is 0.343 e. The number of benzene rings is 2. The predicted molar refractivity (Wildman–Crippen MR) is 136 cm³/mol. The van der Waals surface area contributed by atoms with Gasteiger partial charge in [-0.05, 0) is 73.6 Å². The van der Waals surface area contributed by atoms with Gasteiger partial charge in [0.2, 0.25) is 0 Å². The number of fused-ring (bicyclic) bond motifs is 1. The van der Waals surface area contributed by atoms with E-state index in [1.807, 2.05) is 0 Å². The number of aromatic hydroxyl groups is 1. The number of ketones is 1. The topological polar surface area (TPSA) is 114 Å². The molecule has 0 amide bonds. The van der Waals surface area contributed by atoms with Gasteiger partial charge in [-0.3, -0.25) is 9.52 Å². The van der Waals surface area contributed by atoms with Gasteiger partial charge in [0.1, 0.15) is 11.5 Å². The largest absolute Gasteiger partial charge is 0.506 e. The van der Waals surface area contributed by atoms with Crippen LogP contribution < -0.4 is 10.3 Å². The molecule has 36 heavy (non-hydrogen) atoms. The lowest BCUT2D eigenvalue weighted by Crippen LogP contribution is -2.21. The Morgan fingerprint density at radius 3 is 2.44 bits per heavy atom. The van der Waals surface area contributed by atoms with Crippen molar-refractivity contribution in [2.45, 2.75) is 55.8 Å². The highest BCUT2D eigenvalue weighted by Gasteiger charge is 2.39. The third-order valence-corrected chi connectivity index (χ3v) is 8.47. The van der Waals surface area contributed by atoms with Gasteiger partial charge in [-0.2, -0.15) is 0 Å². The maximum atomic E-state index is 13.1. The Morgan fingerprint density at radius 1 is 1.00 bits per heavy atom. The molecule has 2 N–H and O–H groups in total. The fraction of sp³-hybridized carbons (Fsp3) is 0.333. The molecule has 1 saturated carbocycles. The monoisotopic (exact) mass is 527 g/mol. The molecule has 3 aromatic rings. The van der Waals surface area contributed by atoms with Crippen LogP contribution in [0, 0.1) is 5.92 Å². The molecule has 2 aromatic carbocycles. The number of nitrogens with one attached hydrogen (secondary N) is 1. The minimum atomic E-state index is -3.87. The summed E-state index contributed by atoms with van der Waals surface area (Å²) >= 11 is 5.88. The molecule has 0 aliphatic heterocycles. The van der Waals surface area contributed by atoms with E-state index in [-0.39, 0.29) is 39.2 Å². The number of sulfonamides is 1. The van der Waals surface area contributed by atoms with Gasteiger partial charge in [-0.1, -0.05) is 30.2 Å². The van der Waals surface area contributed by atoms with E-state index in [1.165, 1.54) is 24.3 Å². The van der Waals surface area contributed by atoms with Crippen LogP contribution in [0.2, 0.25) is 5.02 Å². The molecule has 1 atom stereocenters. The first-order valence-electron chi connectivity index (χ1n) is 12.0. The van der Waals surface area contributed by atoms with Crippen molar-refractivity contribution in [1.29, 1.82) is 0 Å². The highest BCUT2D eigenvalue weighted by atomic mass is 35.5. The van der Waals surface area contributed by atoms with Crippen molar-refractivity contribution in [2.75, 3.05) is 4.72 Å². The number of Topliss-reactive ketones (excluding diaryl/α,β-unsaturated/α-hetero) is 1. The van der Waals surface area contributed by atoms with E-state index in [4.69, 9.17) is 16.0 Å². The normalized spacial score (nSPS) is 17.1. The van der Waals surface area contributed by atoms with Crippen LogP contribution in [0.15, 0.2) is 62.6 Å². The number of halogens is 1. The summed E-state index contributed by atoms with van der Waals surface area (Å²) in [6.07, 6.45) is 4.79. The van der Waals surface area contributed by atoms with Crippen molar-refractivity contribution in [3.8, 4) is 5.75 Å². The van der Waals surface area contributed by atoms with E-state index in [1.54, 1.807) is 24.3 Å². The minimum absolute atomic E-state index is 0.0644. The third-order valence-electron chi connectivity index (χ3n) is 6.82. The zero-order chi connectivity index (χ0) is 25.4. The lowest BCUT2D eigenvalue weighted by molar-refractivity contribution is 0.0968. The zero-order valence-electron chi connectivity index (χ0n) is 19.5. The number of rotatable bonds is 6. The van der Waals surface area contributed by atoms with Crippen LogP contribution in [0.5, 0.6) is 5.75 Å². The Labute approximate surface area is 214 Å². The summed E-state index contributed by atoms with van der Waals surface area (Å²) in [5, 5.41) is 11.7. The Balaban J connectivity index is 1.54. The Kier molecular flexibility index (Phi) is 6.66. The van der Waals surface area contributed by atoms with Crippen LogP contribution in [0.4, 0.5) is 5.69 Å². The van der Waals surface area contributed by atoms with Crippen molar-refractivity contribution in [2.24, 2.45) is 5.92 Å². The summed E-state index contributed by atoms with van der Waals surface area (Å²) < 4.78 is 33.9. The average Bonchev–Trinajstić information content (AvgIpc) is 3.65. The number of anilines is 1. The highest BCUT2D eigenvalue weighted by molar-refractivity contribution is 7.92. The van der Waals surface area contributed by atoms with Crippen molar-refractivity contribution < 1.29 is 22.7 Å². The minimum Gasteiger partial charge on any atom is -0.506 e. The van der Waals surface area contributed by atoms with Crippen molar-refractivity contribution in [1.82, 2.24) is 0 Å². The molecular formula is C27H26ClNO6S. The first kappa shape index (κ1) is 24.6. The molecule has 1 aromatic heterocycles. The van der Waals surface area contributed by atoms with Crippen LogP contribution in [0.1, 0.15) is 71.7 Å². The van der Waals surface area contributed by atoms with E-state index in [2.05, 4.69) is 4.72 Å². The number of hydrogen-bond acceptors (Lipinski definition) is 6. The second kappa shape index (κ2) is 9.75. The maximum Gasteiger partial charge on any atom is 0.343 e. The van der Waals surface area contributed by atoms with E-state index in [0.717, 1.165) is 32.1 Å². The van der Waals surface area contributed by atoms with E-state index in [0.29, 0.717) is 29.1 Å². The molecule has 0 saturated heterocycles. The summed E-state index contributed by atoms with van der Waals surface area (Å²) in [7, 11) is -3.87. The molecule has 1 unspecified atom stereocenters. The van der Waals surface area contributed by atoms with Gasteiger partial charge in [-0.25, -0.2) is 13.2 Å². The quantitative estimate of drug-likeness (QED) is 0.429. The molecule has 1 heterocycles. The Bertz CT molecular complexity index is 1480. The number of hydrogen-bond donors (Lipinski definition) is 2. The third kappa shape index (κ3) is 4.92. The van der Waals surface area contributed by atoms with Gasteiger partial charge in [-0.15, -0.1) is 0 Å². The van der Waals surface area contributed by atoms with Crippen LogP contribution in [-0.2, 0) is 16.4 Å². The van der Waals surface area contributed by atoms with Gasteiger partial charge in [0.25, 0.3) is 10.0 Å². The average molecular weight is 528 g/mol. The summed E-state index contributed by atoms with van der Waals surface area (Å²) in [5.74, 6) is -0.707. The van der Waals surface area contributed by atoms with Gasteiger partial charge in [0, 0.05) is 29.5 Å². The van der Waals surface area contributed by atoms with Crippen molar-refractivity contribution in [3.05, 3.63) is 86.4 Å². The molecule has 2 aliphatic rings. The molecule has 188 valence electrons. The van der Waals surface area contributed by atoms with Crippen LogP contribution in [0.25, 0.3) is 0 Å². The van der Waals surface area contributed by atoms with Gasteiger partial charge < -0.3 is 9.52 Å². The summed E-state index contributed by atoms with van der Waals surface area (Å²) in [4.78, 5) is 26.0. The van der Waals surface area contributed by atoms with E-state index < -0.39 is 21.6 Å². The number of carbonyl (C=O) groups is 1. The predicted octanol–water partition coefficient (Wildman–Crippen LogP) is 5.64. The lowest BCUT2D eigenvalue weighted by Gasteiger charge is -2.21. The highest BCUT2D eigenvalue weighted by Crippen LogP contribution is 2.49. The Morgan fingerprint density at radius 2 is 1.72 bits per heavy atom. The van der Waals surface area contributed by atoms with Crippen LogP contribution in [-0.4, -0.2) is 19.3 Å². The molecule has 0 spiro atoms. The van der Waals surface area contributed by atoms with Crippen LogP contribution >= 0.6 is 11.6 Å². The number of carbonyl (C=O) groups excluding carboxylic acids is 1. The fourth-order valence-corrected chi connectivity index (χ4v) is 6.10. The fourth-order valence-electron chi connectivity index (χ4n) is 4.92.